The molecule has 0 bridgehead atoms. The van der Waals surface area contributed by atoms with Crippen LogP contribution in [0.5, 0.6) is 0 Å². The summed E-state index contributed by atoms with van der Waals surface area (Å²) in [4.78, 5) is 27.3. The molecule has 2 aromatic rings. The van der Waals surface area contributed by atoms with Crippen LogP contribution in [0.1, 0.15) is 60.9 Å². The van der Waals surface area contributed by atoms with E-state index in [0.29, 0.717) is 5.69 Å². The minimum Gasteiger partial charge on any atom is -0.330 e. The molecule has 2 aromatic carbocycles. The number of anilines is 1. The third-order valence-electron chi connectivity index (χ3n) is 6.58. The van der Waals surface area contributed by atoms with Crippen LogP contribution < -0.4 is 11.1 Å². The largest absolute Gasteiger partial charge is 0.330 e. The van der Waals surface area contributed by atoms with Gasteiger partial charge < -0.3 is 16.0 Å². The van der Waals surface area contributed by atoms with Crippen LogP contribution in [0.25, 0.3) is 0 Å². The molecule has 2 saturated carbocycles. The maximum Gasteiger partial charge on any atom is 0.254 e. The van der Waals surface area contributed by atoms with E-state index >= 15 is 0 Å². The van der Waals surface area contributed by atoms with Crippen LogP contribution in [0.4, 0.5) is 14.5 Å². The van der Waals surface area contributed by atoms with E-state index in [1.54, 1.807) is 4.90 Å². The van der Waals surface area contributed by atoms with E-state index in [1.165, 1.54) is 0 Å². The number of carbonyl (C=O) groups excluding carboxylic acids is 2. The van der Waals surface area contributed by atoms with Gasteiger partial charge in [-0.3, -0.25) is 9.59 Å². The zero-order valence-electron chi connectivity index (χ0n) is 18.0. The monoisotopic (exact) mass is 441 g/mol. The number of carbonyl (C=O) groups is 2. The van der Waals surface area contributed by atoms with E-state index in [9.17, 15) is 18.4 Å². The number of hydrogen-bond acceptors (Lipinski definition) is 3. The van der Waals surface area contributed by atoms with Gasteiger partial charge in [-0.25, -0.2) is 8.78 Å². The first-order valence-electron chi connectivity index (χ1n) is 11.3. The van der Waals surface area contributed by atoms with E-state index in [4.69, 9.17) is 5.73 Å². The second kappa shape index (κ2) is 9.77. The van der Waals surface area contributed by atoms with Crippen molar-refractivity contribution in [2.75, 3.05) is 5.32 Å². The van der Waals surface area contributed by atoms with Gasteiger partial charge in [0, 0.05) is 41.9 Å². The fourth-order valence-corrected chi connectivity index (χ4v) is 4.57. The fraction of sp³-hybridized carbons (Fsp3) is 0.440. The van der Waals surface area contributed by atoms with Crippen molar-refractivity contribution in [2.45, 2.75) is 63.6 Å². The molecule has 4 rings (SSSR count). The van der Waals surface area contributed by atoms with Crippen LogP contribution in [0.15, 0.2) is 42.5 Å². The molecule has 3 N–H and O–H groups in total. The van der Waals surface area contributed by atoms with Crippen molar-refractivity contribution >= 4 is 17.5 Å². The fourth-order valence-electron chi connectivity index (χ4n) is 4.57. The first-order chi connectivity index (χ1) is 15.4. The maximum absolute atomic E-state index is 13.8. The van der Waals surface area contributed by atoms with Crippen LogP contribution in [-0.4, -0.2) is 28.8 Å². The molecule has 2 aliphatic rings. The van der Waals surface area contributed by atoms with Crippen molar-refractivity contribution in [3.63, 3.8) is 0 Å². The molecule has 0 spiro atoms. The Morgan fingerprint density at radius 1 is 0.969 bits per heavy atom. The highest BCUT2D eigenvalue weighted by Crippen LogP contribution is 2.29. The number of amides is 2. The SMILES string of the molecule is NC1CCCCC1N(Cc1cccc(NC(=O)C2CCC2)c1)C(=O)c1cc(F)cc(F)c1. The maximum atomic E-state index is 13.8. The quantitative estimate of drug-likeness (QED) is 0.687. The molecular weight excluding hydrogens is 412 g/mol. The first-order valence-corrected chi connectivity index (χ1v) is 11.3. The summed E-state index contributed by atoms with van der Waals surface area (Å²) in [6.07, 6.45) is 6.38. The Morgan fingerprint density at radius 3 is 2.34 bits per heavy atom. The van der Waals surface area contributed by atoms with Crippen LogP contribution in [0.3, 0.4) is 0 Å². The van der Waals surface area contributed by atoms with Gasteiger partial charge in [0.15, 0.2) is 0 Å². The molecule has 2 fully saturated rings. The summed E-state index contributed by atoms with van der Waals surface area (Å²) >= 11 is 0. The molecule has 5 nitrogen and oxygen atoms in total. The van der Waals surface area contributed by atoms with Crippen LogP contribution in [0, 0.1) is 17.6 Å². The molecule has 0 radical (unpaired) electrons. The molecule has 0 saturated heterocycles. The molecule has 2 unspecified atom stereocenters. The van der Waals surface area contributed by atoms with Crippen molar-refractivity contribution in [1.82, 2.24) is 4.90 Å². The molecule has 32 heavy (non-hydrogen) atoms. The lowest BCUT2D eigenvalue weighted by molar-refractivity contribution is -0.122. The van der Waals surface area contributed by atoms with Gasteiger partial charge in [0.05, 0.1) is 0 Å². The van der Waals surface area contributed by atoms with Crippen molar-refractivity contribution in [3.05, 3.63) is 65.2 Å². The standard InChI is InChI=1S/C25H29F2N3O2/c26-19-12-18(13-20(27)14-19)25(32)30(23-10-2-1-9-22(23)28)15-16-5-3-8-21(11-16)29-24(31)17-6-4-7-17/h3,5,8,11-14,17,22-23H,1-2,4,6-7,9-10,15,28H2,(H,29,31). The average Bonchev–Trinajstić information content (AvgIpc) is 2.70. The summed E-state index contributed by atoms with van der Waals surface area (Å²) in [5, 5.41) is 2.96. The van der Waals surface area contributed by atoms with Crippen LogP contribution in [0.2, 0.25) is 0 Å². The zero-order valence-corrected chi connectivity index (χ0v) is 18.0. The average molecular weight is 442 g/mol. The first kappa shape index (κ1) is 22.4. The Labute approximate surface area is 187 Å². The van der Waals surface area contributed by atoms with Gasteiger partial charge in [-0.1, -0.05) is 31.4 Å². The highest BCUT2D eigenvalue weighted by atomic mass is 19.1. The van der Waals surface area contributed by atoms with Crippen molar-refractivity contribution in [2.24, 2.45) is 11.7 Å². The highest BCUT2D eigenvalue weighted by molar-refractivity contribution is 5.95. The van der Waals surface area contributed by atoms with E-state index < -0.39 is 17.5 Å². The Balaban J connectivity index is 1.58. The summed E-state index contributed by atoms with van der Waals surface area (Å²) in [6.45, 7) is 0.239. The van der Waals surface area contributed by atoms with Gasteiger partial charge in [-0.2, -0.15) is 0 Å². The number of benzene rings is 2. The van der Waals surface area contributed by atoms with Crippen LogP contribution in [-0.2, 0) is 11.3 Å². The Morgan fingerprint density at radius 2 is 1.69 bits per heavy atom. The molecule has 0 aliphatic heterocycles. The summed E-state index contributed by atoms with van der Waals surface area (Å²) in [7, 11) is 0. The predicted molar refractivity (Wildman–Crippen MR) is 119 cm³/mol. The van der Waals surface area contributed by atoms with Gasteiger partial charge in [-0.15, -0.1) is 0 Å². The molecule has 7 heteroatoms. The Kier molecular flexibility index (Phi) is 6.84. The van der Waals surface area contributed by atoms with E-state index in [1.807, 2.05) is 24.3 Å². The number of nitrogens with zero attached hydrogens (tertiary/aromatic N) is 1. The zero-order chi connectivity index (χ0) is 22.7. The van der Waals surface area contributed by atoms with E-state index in [-0.39, 0.29) is 36.0 Å². The lowest BCUT2D eigenvalue weighted by atomic mass is 9.85. The number of nitrogens with two attached hydrogens (primary N) is 1. The molecule has 2 aliphatic carbocycles. The van der Waals surface area contributed by atoms with Gasteiger partial charge in [0.2, 0.25) is 5.91 Å². The Hall–Kier alpha value is -2.80. The van der Waals surface area contributed by atoms with Gasteiger partial charge in [0.25, 0.3) is 5.91 Å². The highest BCUT2D eigenvalue weighted by Gasteiger charge is 2.32. The molecule has 0 aromatic heterocycles. The number of rotatable bonds is 6. The molecule has 170 valence electrons. The molecule has 0 heterocycles. The van der Waals surface area contributed by atoms with Gasteiger partial charge in [0.1, 0.15) is 11.6 Å². The number of hydrogen-bond donors (Lipinski definition) is 2. The van der Waals surface area contributed by atoms with Crippen molar-refractivity contribution in [1.29, 1.82) is 0 Å². The van der Waals surface area contributed by atoms with Gasteiger partial charge >= 0.3 is 0 Å². The topological polar surface area (TPSA) is 75.4 Å². The second-order valence-corrected chi connectivity index (χ2v) is 8.92. The summed E-state index contributed by atoms with van der Waals surface area (Å²) in [5.74, 6) is -1.94. The van der Waals surface area contributed by atoms with E-state index in [0.717, 1.165) is 68.7 Å². The van der Waals surface area contributed by atoms with Crippen molar-refractivity contribution < 1.29 is 18.4 Å². The molecular formula is C25H29F2N3O2. The number of nitrogens with one attached hydrogen (secondary N) is 1. The third kappa shape index (κ3) is 5.15. The molecule has 2 amide bonds. The lowest BCUT2D eigenvalue weighted by Crippen LogP contribution is -2.51. The normalized spacial score (nSPS) is 21.0. The van der Waals surface area contributed by atoms with Crippen molar-refractivity contribution in [3.8, 4) is 0 Å². The minimum absolute atomic E-state index is 0.0193. The third-order valence-corrected chi connectivity index (χ3v) is 6.58. The van der Waals surface area contributed by atoms with Crippen LogP contribution >= 0.6 is 0 Å². The van der Waals surface area contributed by atoms with E-state index in [2.05, 4.69) is 5.32 Å². The summed E-state index contributed by atoms with van der Waals surface area (Å²) in [6, 6.07) is 9.81. The summed E-state index contributed by atoms with van der Waals surface area (Å²) in [5.41, 5.74) is 7.82. The Bertz CT molecular complexity index is 973. The predicted octanol–water partition coefficient (Wildman–Crippen LogP) is 4.62. The number of halogens is 2. The lowest BCUT2D eigenvalue weighted by Gasteiger charge is -2.38. The minimum atomic E-state index is -0.790. The smallest absolute Gasteiger partial charge is 0.254 e. The second-order valence-electron chi connectivity index (χ2n) is 8.92. The van der Waals surface area contributed by atoms with Gasteiger partial charge in [-0.05, 0) is 55.5 Å². The summed E-state index contributed by atoms with van der Waals surface area (Å²) < 4.78 is 27.6. The molecule has 2 atom stereocenters.